The summed E-state index contributed by atoms with van der Waals surface area (Å²) in [6, 6.07) is 5.13. The monoisotopic (exact) mass is 308 g/mol. The summed E-state index contributed by atoms with van der Waals surface area (Å²) in [5.41, 5.74) is 1.39. The summed E-state index contributed by atoms with van der Waals surface area (Å²) in [4.78, 5) is 11.8. The van der Waals surface area contributed by atoms with Gasteiger partial charge in [0, 0.05) is 29.3 Å². The maximum absolute atomic E-state index is 11.8. The first-order chi connectivity index (χ1) is 8.69. The van der Waals surface area contributed by atoms with Crippen molar-refractivity contribution in [2.75, 3.05) is 19.5 Å². The lowest BCUT2D eigenvalue weighted by Gasteiger charge is -2.06. The first-order valence-corrected chi connectivity index (χ1v) is 7.59. The third-order valence-electron chi connectivity index (χ3n) is 1.95. The second-order valence-corrected chi connectivity index (χ2v) is 4.84. The highest BCUT2D eigenvalue weighted by atomic mass is 35.5. The van der Waals surface area contributed by atoms with Crippen LogP contribution in [0.15, 0.2) is 18.2 Å². The Morgan fingerprint density at radius 3 is 2.61 bits per heavy atom. The van der Waals surface area contributed by atoms with Gasteiger partial charge in [0.15, 0.2) is 0 Å². The van der Waals surface area contributed by atoms with Gasteiger partial charge in [0.05, 0.1) is 6.61 Å². The van der Waals surface area contributed by atoms with Gasteiger partial charge in [-0.2, -0.15) is 0 Å². The van der Waals surface area contributed by atoms with Crippen LogP contribution in [0.3, 0.4) is 0 Å². The van der Waals surface area contributed by atoms with E-state index in [4.69, 9.17) is 27.9 Å². The van der Waals surface area contributed by atoms with Crippen molar-refractivity contribution in [2.45, 2.75) is 19.7 Å². The van der Waals surface area contributed by atoms with Gasteiger partial charge in [0.25, 0.3) is 0 Å². The van der Waals surface area contributed by atoms with Gasteiger partial charge < -0.3 is 4.74 Å². The normalized spacial score (nSPS) is 9.61. The van der Waals surface area contributed by atoms with Crippen LogP contribution in [0.2, 0.25) is 5.02 Å². The quantitative estimate of drug-likeness (QED) is 0.586. The largest absolute Gasteiger partial charge is 0.384 e. The Kier molecular flexibility index (Phi) is 10.5. The van der Waals surface area contributed by atoms with Gasteiger partial charge in [-0.3, -0.25) is 4.79 Å². The summed E-state index contributed by atoms with van der Waals surface area (Å²) in [7, 11) is 1.61. The molecule has 1 aromatic carbocycles. The fourth-order valence-electron chi connectivity index (χ4n) is 1.17. The third-order valence-corrected chi connectivity index (χ3v) is 3.33. The van der Waals surface area contributed by atoms with E-state index < -0.39 is 0 Å². The Morgan fingerprint density at radius 1 is 1.39 bits per heavy atom. The van der Waals surface area contributed by atoms with E-state index in [1.54, 1.807) is 25.3 Å². The summed E-state index contributed by atoms with van der Waals surface area (Å²) in [5, 5.41) is 0.596. The summed E-state index contributed by atoms with van der Waals surface area (Å²) >= 11 is 12.8. The van der Waals surface area contributed by atoms with Crippen molar-refractivity contribution in [3.8, 4) is 0 Å². The Bertz CT molecular complexity index is 370. The van der Waals surface area contributed by atoms with Crippen LogP contribution in [0.25, 0.3) is 0 Å². The molecule has 1 rings (SSSR count). The van der Waals surface area contributed by atoms with E-state index in [0.717, 1.165) is 5.56 Å². The average Bonchev–Trinajstić information content (AvgIpc) is 2.41. The number of ether oxygens (including phenoxy) is 1. The smallest absolute Gasteiger partial charge is 0.219 e. The Balaban J connectivity index is 0.00000137. The molecule has 0 spiro atoms. The predicted octanol–water partition coefficient (Wildman–Crippen LogP) is 4.62. The molecule has 0 aliphatic rings. The zero-order valence-electron chi connectivity index (χ0n) is 10.8. The minimum atomic E-state index is 0.00404. The Labute approximate surface area is 123 Å². The minimum Gasteiger partial charge on any atom is -0.384 e. The van der Waals surface area contributed by atoms with Gasteiger partial charge >= 0.3 is 0 Å². The van der Waals surface area contributed by atoms with Crippen LogP contribution in [0, 0.1) is 0 Å². The van der Waals surface area contributed by atoms with E-state index in [1.807, 2.05) is 13.8 Å². The van der Waals surface area contributed by atoms with Crippen LogP contribution in [-0.4, -0.2) is 24.6 Å². The second-order valence-electron chi connectivity index (χ2n) is 3.06. The molecule has 18 heavy (non-hydrogen) atoms. The molecule has 2 nitrogen and oxygen atoms in total. The first-order valence-electron chi connectivity index (χ1n) is 5.69. The van der Waals surface area contributed by atoms with Crippen molar-refractivity contribution in [2.24, 2.45) is 0 Å². The zero-order chi connectivity index (χ0) is 14.0. The first kappa shape index (κ1) is 17.8. The number of rotatable bonds is 5. The van der Waals surface area contributed by atoms with Crippen LogP contribution in [0.4, 0.5) is 0 Å². The second kappa shape index (κ2) is 10.7. The predicted molar refractivity (Wildman–Crippen MR) is 81.0 cm³/mol. The lowest BCUT2D eigenvalue weighted by Crippen LogP contribution is -2.02. The van der Waals surface area contributed by atoms with Crippen molar-refractivity contribution < 1.29 is 9.53 Å². The lowest BCUT2D eigenvalue weighted by molar-refractivity contribution is 0.108. The lowest BCUT2D eigenvalue weighted by atomic mass is 10.1. The van der Waals surface area contributed by atoms with Crippen molar-refractivity contribution in [1.29, 1.82) is 0 Å². The van der Waals surface area contributed by atoms with Crippen LogP contribution in [0.1, 0.15) is 29.8 Å². The van der Waals surface area contributed by atoms with Gasteiger partial charge in [0.1, 0.15) is 0 Å². The molecule has 0 amide bonds. The van der Waals surface area contributed by atoms with Crippen molar-refractivity contribution in [1.82, 2.24) is 0 Å². The van der Waals surface area contributed by atoms with E-state index in [9.17, 15) is 4.79 Å². The number of benzene rings is 1. The highest BCUT2D eigenvalue weighted by Gasteiger charge is 2.11. The van der Waals surface area contributed by atoms with Crippen molar-refractivity contribution in [3.63, 3.8) is 0 Å². The van der Waals surface area contributed by atoms with E-state index in [2.05, 4.69) is 0 Å². The number of alkyl halides is 1. The molecule has 0 aromatic heterocycles. The Morgan fingerprint density at radius 2 is 2.06 bits per heavy atom. The number of methoxy groups -OCH3 is 1. The van der Waals surface area contributed by atoms with Gasteiger partial charge in [0.2, 0.25) is 5.12 Å². The molecular formula is C13H18Cl2O2S. The molecular weight excluding hydrogens is 291 g/mol. The average molecular weight is 309 g/mol. The molecule has 102 valence electrons. The number of hydrogen-bond acceptors (Lipinski definition) is 3. The molecule has 0 atom stereocenters. The van der Waals surface area contributed by atoms with E-state index >= 15 is 0 Å². The fourth-order valence-corrected chi connectivity index (χ4v) is 2.37. The number of thioether (sulfide) groups is 1. The molecule has 0 bridgehead atoms. The SMILES string of the molecule is CC.COCCSC(=O)c1ccc(Cl)cc1CCl. The molecule has 0 saturated carbocycles. The molecule has 0 saturated heterocycles. The summed E-state index contributed by atoms with van der Waals surface area (Å²) in [5.74, 6) is 0.923. The van der Waals surface area contributed by atoms with Crippen LogP contribution >= 0.6 is 35.0 Å². The molecule has 0 aliphatic carbocycles. The van der Waals surface area contributed by atoms with Crippen molar-refractivity contribution in [3.05, 3.63) is 34.3 Å². The molecule has 5 heteroatoms. The highest BCUT2D eigenvalue weighted by Crippen LogP contribution is 2.22. The van der Waals surface area contributed by atoms with E-state index in [-0.39, 0.29) is 11.0 Å². The molecule has 0 N–H and O–H groups in total. The summed E-state index contributed by atoms with van der Waals surface area (Å²) < 4.78 is 4.88. The maximum Gasteiger partial charge on any atom is 0.219 e. The van der Waals surface area contributed by atoms with Gasteiger partial charge in [-0.25, -0.2) is 0 Å². The molecule has 0 heterocycles. The summed E-state index contributed by atoms with van der Waals surface area (Å²) in [6.07, 6.45) is 0. The zero-order valence-corrected chi connectivity index (χ0v) is 13.2. The molecule has 0 unspecified atom stereocenters. The number of carbonyl (C=O) groups excluding carboxylic acids is 1. The Hall–Kier alpha value is -0.220. The molecule has 1 aromatic rings. The van der Waals surface area contributed by atoms with E-state index in [0.29, 0.717) is 22.9 Å². The standard InChI is InChI=1S/C11H12Cl2O2S.C2H6/c1-15-4-5-16-11(14)10-3-2-9(13)6-8(10)7-12;1-2/h2-3,6H,4-5,7H2,1H3;1-2H3. The topological polar surface area (TPSA) is 26.3 Å². The number of halogens is 2. The number of hydrogen-bond donors (Lipinski definition) is 0. The third kappa shape index (κ3) is 6.10. The van der Waals surface area contributed by atoms with E-state index in [1.165, 1.54) is 11.8 Å². The highest BCUT2D eigenvalue weighted by molar-refractivity contribution is 8.14. The van der Waals surface area contributed by atoms with Gasteiger partial charge in [-0.1, -0.05) is 37.2 Å². The van der Waals surface area contributed by atoms with Crippen LogP contribution in [0.5, 0.6) is 0 Å². The number of carbonyl (C=O) groups is 1. The maximum atomic E-state index is 11.8. The van der Waals surface area contributed by atoms with Crippen molar-refractivity contribution >= 4 is 40.1 Å². The summed E-state index contributed by atoms with van der Waals surface area (Å²) in [6.45, 7) is 4.56. The molecule has 0 radical (unpaired) electrons. The molecule has 0 aliphatic heterocycles. The van der Waals surface area contributed by atoms with Crippen LogP contribution < -0.4 is 0 Å². The molecule has 0 fully saturated rings. The minimum absolute atomic E-state index is 0.00404. The van der Waals surface area contributed by atoms with Crippen LogP contribution in [-0.2, 0) is 10.6 Å². The van der Waals surface area contributed by atoms with Gasteiger partial charge in [-0.15, -0.1) is 11.6 Å². The fraction of sp³-hybridized carbons (Fsp3) is 0.462. The van der Waals surface area contributed by atoms with Gasteiger partial charge in [-0.05, 0) is 23.8 Å².